The first kappa shape index (κ1) is 31.1. The molecule has 7 rings (SSSR count). The van der Waals surface area contributed by atoms with E-state index in [9.17, 15) is 24.6 Å². The van der Waals surface area contributed by atoms with Gasteiger partial charge in [-0.15, -0.1) is 0 Å². The van der Waals surface area contributed by atoms with Gasteiger partial charge < -0.3 is 24.4 Å². The molecule has 1 aromatic rings. The number of benzene rings is 1. The van der Waals surface area contributed by atoms with Gasteiger partial charge in [-0.1, -0.05) is 35.5 Å². The van der Waals surface area contributed by atoms with Crippen LogP contribution >= 0.6 is 0 Å². The third-order valence-electron chi connectivity index (χ3n) is 10.2. The predicted octanol–water partition coefficient (Wildman–Crippen LogP) is 6.85. The normalized spacial score (nSPS) is 31.6. The number of carboxylic acids is 1. The van der Waals surface area contributed by atoms with E-state index in [1.54, 1.807) is 6.08 Å². The minimum absolute atomic E-state index is 0.0496. The highest BCUT2D eigenvalue weighted by molar-refractivity contribution is 6.19. The molecular formula is C37H42O8. The van der Waals surface area contributed by atoms with Crippen molar-refractivity contribution in [1.29, 1.82) is 0 Å². The molecule has 8 nitrogen and oxygen atoms in total. The topological polar surface area (TPSA) is 119 Å². The summed E-state index contributed by atoms with van der Waals surface area (Å²) in [6.45, 7) is 15.2. The van der Waals surface area contributed by atoms with Gasteiger partial charge in [-0.05, 0) is 80.4 Å². The lowest BCUT2D eigenvalue weighted by Crippen LogP contribution is -2.72. The molecular weight excluding hydrogens is 572 g/mol. The summed E-state index contributed by atoms with van der Waals surface area (Å²) in [5.74, 6) is -2.31. The Kier molecular flexibility index (Phi) is 6.94. The molecule has 4 bridgehead atoms. The number of aromatic hydroxyl groups is 1. The van der Waals surface area contributed by atoms with E-state index in [1.807, 2.05) is 66.7 Å². The molecule has 1 aromatic carbocycles. The largest absolute Gasteiger partial charge is 0.506 e. The van der Waals surface area contributed by atoms with E-state index in [0.717, 1.165) is 11.1 Å². The van der Waals surface area contributed by atoms with Gasteiger partial charge in [0.25, 0.3) is 0 Å². The number of ketones is 2. The van der Waals surface area contributed by atoms with E-state index in [2.05, 4.69) is 6.08 Å². The number of rotatable bonds is 7. The van der Waals surface area contributed by atoms with Crippen molar-refractivity contribution in [3.05, 3.63) is 69.4 Å². The molecule has 1 unspecified atom stereocenters. The Balaban J connectivity index is 1.62. The maximum Gasteiger partial charge on any atom is 0.330 e. The van der Waals surface area contributed by atoms with Gasteiger partial charge in [0.1, 0.15) is 28.4 Å². The third kappa shape index (κ3) is 4.32. The second kappa shape index (κ2) is 10.0. The summed E-state index contributed by atoms with van der Waals surface area (Å²) in [6.07, 6.45) is 12.3. The molecule has 0 amide bonds. The van der Waals surface area contributed by atoms with Crippen molar-refractivity contribution in [2.24, 2.45) is 11.8 Å². The molecule has 2 fully saturated rings. The first-order valence-corrected chi connectivity index (χ1v) is 15.7. The summed E-state index contributed by atoms with van der Waals surface area (Å²) in [6, 6.07) is 0. The number of Topliss-reactive ketones (excluding diaryl/α,β-unsaturated/α-hetero) is 2. The molecule has 3 heterocycles. The number of carbonyl (C=O) groups excluding carboxylic acids is 2. The molecule has 238 valence electrons. The number of hydrogen-bond donors (Lipinski definition) is 2. The Morgan fingerprint density at radius 1 is 0.978 bits per heavy atom. The third-order valence-corrected chi connectivity index (χ3v) is 10.2. The molecule has 6 aliphatic rings. The van der Waals surface area contributed by atoms with Gasteiger partial charge in [0.15, 0.2) is 22.8 Å². The van der Waals surface area contributed by atoms with Crippen LogP contribution in [0.25, 0.3) is 6.08 Å². The summed E-state index contributed by atoms with van der Waals surface area (Å²) in [7, 11) is 0. The molecule has 8 heteroatoms. The van der Waals surface area contributed by atoms with Gasteiger partial charge in [-0.3, -0.25) is 9.59 Å². The van der Waals surface area contributed by atoms with Crippen LogP contribution in [0.4, 0.5) is 0 Å². The van der Waals surface area contributed by atoms with Crippen molar-refractivity contribution >= 4 is 23.6 Å². The Bertz CT molecular complexity index is 1710. The zero-order valence-electron chi connectivity index (χ0n) is 27.3. The maximum absolute atomic E-state index is 14.7. The van der Waals surface area contributed by atoms with Crippen molar-refractivity contribution in [3.8, 4) is 17.2 Å². The highest BCUT2D eigenvalue weighted by Crippen LogP contribution is 2.68. The van der Waals surface area contributed by atoms with Gasteiger partial charge >= 0.3 is 5.97 Å². The lowest BCUT2D eigenvalue weighted by molar-refractivity contribution is -0.171. The van der Waals surface area contributed by atoms with Crippen molar-refractivity contribution < 1.29 is 38.8 Å². The van der Waals surface area contributed by atoms with Gasteiger partial charge in [-0.2, -0.15) is 0 Å². The first-order valence-electron chi connectivity index (χ1n) is 15.7. The fourth-order valence-corrected chi connectivity index (χ4v) is 7.91. The van der Waals surface area contributed by atoms with Crippen molar-refractivity contribution in [1.82, 2.24) is 0 Å². The molecule has 45 heavy (non-hydrogen) atoms. The lowest BCUT2D eigenvalue weighted by atomic mass is 9.51. The number of ether oxygens (including phenoxy) is 3. The van der Waals surface area contributed by atoms with E-state index < -0.39 is 40.1 Å². The minimum Gasteiger partial charge on any atom is -0.506 e. The van der Waals surface area contributed by atoms with Gasteiger partial charge in [-0.25, -0.2) is 4.79 Å². The Morgan fingerprint density at radius 3 is 2.31 bits per heavy atom. The number of aliphatic carboxylic acids is 1. The zero-order chi connectivity index (χ0) is 32.9. The quantitative estimate of drug-likeness (QED) is 0.253. The Labute approximate surface area is 264 Å². The van der Waals surface area contributed by atoms with Crippen LogP contribution in [0.5, 0.6) is 17.2 Å². The summed E-state index contributed by atoms with van der Waals surface area (Å²) < 4.78 is 20.5. The number of hydrogen-bond acceptors (Lipinski definition) is 7. The van der Waals surface area contributed by atoms with Crippen LogP contribution in [0.3, 0.4) is 0 Å². The molecule has 5 atom stereocenters. The second-order valence-corrected chi connectivity index (χ2v) is 14.4. The number of allylic oxidation sites excluding steroid dienone is 4. The highest BCUT2D eigenvalue weighted by Gasteiger charge is 2.81. The molecule has 3 aliphatic heterocycles. The molecule has 1 saturated heterocycles. The van der Waals surface area contributed by atoms with Crippen LogP contribution < -0.4 is 9.47 Å². The molecule has 0 aromatic heterocycles. The van der Waals surface area contributed by atoms with Crippen LogP contribution in [0, 0.1) is 11.8 Å². The lowest BCUT2D eigenvalue weighted by Gasteiger charge is -2.56. The molecule has 0 radical (unpaired) electrons. The average Bonchev–Trinajstić information content (AvgIpc) is 3.11. The number of fused-ring (bicyclic) bond motifs is 2. The average molecular weight is 615 g/mol. The minimum atomic E-state index is -1.63. The molecule has 3 aliphatic carbocycles. The fourth-order valence-electron chi connectivity index (χ4n) is 7.91. The van der Waals surface area contributed by atoms with E-state index in [-0.39, 0.29) is 40.8 Å². The molecule has 1 saturated carbocycles. The standard InChI is InChI=1S/C37H42O8/c1-19(2)9-10-24-30-23(13-15-35(8,43-30)14-11-20(3)4)28(38)27-29(39)25-17-22-18-26-34(6,7)45-36(32(22)40,16-12-21(5)33(41)42)37(25,26)44-31(24)27/h9,11-13,15,17,22,26,38H,10,14,16,18H2,1-8H3,(H,41,42)/b21-12-/t22?,26-,35+,36-,37+/m0/s1. The van der Waals surface area contributed by atoms with Gasteiger partial charge in [0.05, 0.1) is 11.2 Å². The van der Waals surface area contributed by atoms with E-state index in [4.69, 9.17) is 14.2 Å². The van der Waals surface area contributed by atoms with Crippen molar-refractivity contribution in [2.45, 2.75) is 103 Å². The van der Waals surface area contributed by atoms with Crippen molar-refractivity contribution in [2.75, 3.05) is 0 Å². The number of phenols is 1. The van der Waals surface area contributed by atoms with E-state index >= 15 is 0 Å². The van der Waals surface area contributed by atoms with Crippen LogP contribution in [-0.2, 0) is 20.7 Å². The highest BCUT2D eigenvalue weighted by atomic mass is 16.6. The second-order valence-electron chi connectivity index (χ2n) is 14.4. The fraction of sp³-hybridized carbons (Fsp3) is 0.486. The van der Waals surface area contributed by atoms with Crippen molar-refractivity contribution in [3.63, 3.8) is 0 Å². The van der Waals surface area contributed by atoms with Crippen LogP contribution in [0.1, 0.15) is 96.1 Å². The Morgan fingerprint density at radius 2 is 1.67 bits per heavy atom. The molecule has 1 spiro atoms. The van der Waals surface area contributed by atoms with Crippen LogP contribution in [0.15, 0.2) is 52.7 Å². The van der Waals surface area contributed by atoms with Crippen LogP contribution in [0.2, 0.25) is 0 Å². The van der Waals surface area contributed by atoms with Gasteiger partial charge in [0.2, 0.25) is 0 Å². The Hall–Kier alpha value is -3.91. The number of phenolic OH excluding ortho intramolecular Hbond substituents is 1. The smallest absolute Gasteiger partial charge is 0.330 e. The number of carboxylic acid groups (broad SMARTS) is 1. The summed E-state index contributed by atoms with van der Waals surface area (Å²) >= 11 is 0. The van der Waals surface area contributed by atoms with E-state index in [0.29, 0.717) is 41.7 Å². The predicted molar refractivity (Wildman–Crippen MR) is 170 cm³/mol. The zero-order valence-corrected chi connectivity index (χ0v) is 27.3. The van der Waals surface area contributed by atoms with Crippen LogP contribution in [-0.4, -0.2) is 50.2 Å². The van der Waals surface area contributed by atoms with Gasteiger partial charge in [0, 0.05) is 41.4 Å². The monoisotopic (exact) mass is 614 g/mol. The maximum atomic E-state index is 14.7. The number of carbonyl (C=O) groups is 3. The van der Waals surface area contributed by atoms with E-state index in [1.165, 1.54) is 13.0 Å². The SMILES string of the molecule is CC(C)=CCc1c2c(c(O)c3c1O[C@]14C(=CC5C[C@H]1C(C)(C)O[C@@]4(C/C=C(/C)C(=O)O)C5=O)C3=O)C=C[C@@](C)(CC=C(C)C)O2. The summed E-state index contributed by atoms with van der Waals surface area (Å²) in [5.41, 5.74) is -1.09. The molecule has 2 N–H and O–H groups in total. The summed E-state index contributed by atoms with van der Waals surface area (Å²) in [4.78, 5) is 40.7. The first-order chi connectivity index (χ1) is 21.0. The summed E-state index contributed by atoms with van der Waals surface area (Å²) in [5, 5.41) is 21.4.